The van der Waals surface area contributed by atoms with Crippen LogP contribution in [0.25, 0.3) is 0 Å². The van der Waals surface area contributed by atoms with Gasteiger partial charge in [0.05, 0.1) is 32.0 Å². The van der Waals surface area contributed by atoms with Crippen molar-refractivity contribution < 1.29 is 24.1 Å². The van der Waals surface area contributed by atoms with Crippen molar-refractivity contribution in [2.45, 2.75) is 75.8 Å². The monoisotopic (exact) mass is 286 g/mol. The van der Waals surface area contributed by atoms with Crippen LogP contribution in [0.3, 0.4) is 0 Å². The zero-order valence-electron chi connectivity index (χ0n) is 12.5. The second kappa shape index (κ2) is 6.87. The van der Waals surface area contributed by atoms with Gasteiger partial charge in [0.25, 0.3) is 0 Å². The van der Waals surface area contributed by atoms with Crippen LogP contribution in [0.1, 0.15) is 51.9 Å². The lowest BCUT2D eigenvalue weighted by Crippen LogP contribution is -2.51. The molecule has 2 heterocycles. The maximum atomic E-state index is 11.2. The zero-order valence-corrected chi connectivity index (χ0v) is 12.5. The average molecular weight is 286 g/mol. The molecule has 0 bridgehead atoms. The molecule has 2 fully saturated rings. The standard InChI is InChI=1S/C15H26O5/c1-3-4-11-5-7-13-15(10-16,20-11)9-12(19-13)6-8-14(17)18-2/h11-13,16H,3-10H2,1-2H3/t11-,12-,13-,15+/m0/s1. The third-order valence-electron chi connectivity index (χ3n) is 4.45. The van der Waals surface area contributed by atoms with E-state index in [4.69, 9.17) is 9.47 Å². The van der Waals surface area contributed by atoms with E-state index in [1.807, 2.05) is 0 Å². The number of fused-ring (bicyclic) bond motifs is 1. The maximum absolute atomic E-state index is 11.2. The molecule has 0 aromatic heterocycles. The number of ether oxygens (including phenoxy) is 3. The Labute approximate surface area is 120 Å². The van der Waals surface area contributed by atoms with Crippen molar-refractivity contribution in [1.82, 2.24) is 0 Å². The highest BCUT2D eigenvalue weighted by atomic mass is 16.6. The van der Waals surface area contributed by atoms with Gasteiger partial charge in [-0.3, -0.25) is 4.79 Å². The molecule has 0 unspecified atom stereocenters. The summed E-state index contributed by atoms with van der Waals surface area (Å²) in [6.45, 7) is 2.14. The summed E-state index contributed by atoms with van der Waals surface area (Å²) >= 11 is 0. The highest BCUT2D eigenvalue weighted by Crippen LogP contribution is 2.43. The van der Waals surface area contributed by atoms with Crippen molar-refractivity contribution in [2.24, 2.45) is 0 Å². The van der Waals surface area contributed by atoms with Crippen LogP contribution in [0, 0.1) is 0 Å². The van der Waals surface area contributed by atoms with E-state index in [-0.39, 0.29) is 30.9 Å². The lowest BCUT2D eigenvalue weighted by Gasteiger charge is -2.40. The summed E-state index contributed by atoms with van der Waals surface area (Å²) in [5.41, 5.74) is -0.557. The highest BCUT2D eigenvalue weighted by Gasteiger charge is 2.52. The molecular weight excluding hydrogens is 260 g/mol. The van der Waals surface area contributed by atoms with Gasteiger partial charge in [-0.05, 0) is 25.7 Å². The van der Waals surface area contributed by atoms with Crippen LogP contribution in [0.5, 0.6) is 0 Å². The number of carbonyl (C=O) groups is 1. The average Bonchev–Trinajstić information content (AvgIpc) is 2.83. The second-order valence-corrected chi connectivity index (χ2v) is 5.89. The van der Waals surface area contributed by atoms with Crippen molar-refractivity contribution in [2.75, 3.05) is 13.7 Å². The van der Waals surface area contributed by atoms with Gasteiger partial charge in [0.1, 0.15) is 5.60 Å². The van der Waals surface area contributed by atoms with Crippen LogP contribution >= 0.6 is 0 Å². The summed E-state index contributed by atoms with van der Waals surface area (Å²) in [5.74, 6) is -0.216. The first kappa shape index (κ1) is 15.7. The van der Waals surface area contributed by atoms with E-state index < -0.39 is 5.60 Å². The number of carbonyl (C=O) groups excluding carboxylic acids is 1. The normalized spacial score (nSPS) is 36.6. The smallest absolute Gasteiger partial charge is 0.305 e. The van der Waals surface area contributed by atoms with E-state index >= 15 is 0 Å². The molecule has 1 N–H and O–H groups in total. The molecule has 0 saturated carbocycles. The molecule has 0 spiro atoms. The molecule has 0 amide bonds. The molecule has 0 radical (unpaired) electrons. The Bertz CT molecular complexity index is 332. The van der Waals surface area contributed by atoms with Gasteiger partial charge in [-0.2, -0.15) is 0 Å². The Morgan fingerprint density at radius 2 is 2.15 bits per heavy atom. The summed E-state index contributed by atoms with van der Waals surface area (Å²) in [4.78, 5) is 11.2. The molecule has 2 saturated heterocycles. The maximum Gasteiger partial charge on any atom is 0.305 e. The SMILES string of the molecule is CCC[C@H]1CC[C@@H]2O[C@@H](CCC(=O)OC)C[C@]2(CO)O1. The van der Waals surface area contributed by atoms with Crippen LogP contribution in [0.15, 0.2) is 0 Å². The Kier molecular flexibility index (Phi) is 5.41. The van der Waals surface area contributed by atoms with Gasteiger partial charge in [-0.1, -0.05) is 13.3 Å². The zero-order chi connectivity index (χ0) is 14.6. The Balaban J connectivity index is 1.93. The van der Waals surface area contributed by atoms with Crippen LogP contribution < -0.4 is 0 Å². The summed E-state index contributed by atoms with van der Waals surface area (Å²) in [6, 6.07) is 0. The quantitative estimate of drug-likeness (QED) is 0.754. The lowest BCUT2D eigenvalue weighted by atomic mass is 9.86. The number of hydrogen-bond acceptors (Lipinski definition) is 5. The van der Waals surface area contributed by atoms with Gasteiger partial charge in [0.2, 0.25) is 0 Å². The van der Waals surface area contributed by atoms with Crippen molar-refractivity contribution in [3.8, 4) is 0 Å². The van der Waals surface area contributed by atoms with Gasteiger partial charge < -0.3 is 19.3 Å². The number of aliphatic hydroxyl groups excluding tert-OH is 1. The largest absolute Gasteiger partial charge is 0.469 e. The molecule has 2 rings (SSSR count). The van der Waals surface area contributed by atoms with E-state index in [0.717, 1.165) is 25.7 Å². The Hall–Kier alpha value is -0.650. The van der Waals surface area contributed by atoms with Crippen molar-refractivity contribution >= 4 is 5.97 Å². The molecule has 0 aliphatic carbocycles. The molecule has 0 aromatic carbocycles. The van der Waals surface area contributed by atoms with Crippen LogP contribution in [-0.2, 0) is 19.0 Å². The molecule has 2 aliphatic rings. The first-order valence-electron chi connectivity index (χ1n) is 7.64. The fourth-order valence-electron chi connectivity index (χ4n) is 3.38. The van der Waals surface area contributed by atoms with Gasteiger partial charge in [0.15, 0.2) is 0 Å². The minimum atomic E-state index is -0.557. The van der Waals surface area contributed by atoms with E-state index in [9.17, 15) is 9.90 Å². The van der Waals surface area contributed by atoms with Gasteiger partial charge in [0, 0.05) is 12.8 Å². The molecule has 5 heteroatoms. The van der Waals surface area contributed by atoms with Gasteiger partial charge in [-0.15, -0.1) is 0 Å². The molecule has 20 heavy (non-hydrogen) atoms. The van der Waals surface area contributed by atoms with E-state index in [2.05, 4.69) is 11.7 Å². The first-order chi connectivity index (χ1) is 9.63. The van der Waals surface area contributed by atoms with Gasteiger partial charge >= 0.3 is 5.97 Å². The summed E-state index contributed by atoms with van der Waals surface area (Å²) in [6.07, 6.45) is 5.86. The number of esters is 1. The molecule has 116 valence electrons. The molecule has 4 atom stereocenters. The number of methoxy groups -OCH3 is 1. The Morgan fingerprint density at radius 3 is 2.80 bits per heavy atom. The van der Waals surface area contributed by atoms with Crippen molar-refractivity contribution in [3.63, 3.8) is 0 Å². The number of hydrogen-bond donors (Lipinski definition) is 1. The topological polar surface area (TPSA) is 65.0 Å². The van der Waals surface area contributed by atoms with Crippen molar-refractivity contribution in [3.05, 3.63) is 0 Å². The Morgan fingerprint density at radius 1 is 1.35 bits per heavy atom. The van der Waals surface area contributed by atoms with E-state index in [0.29, 0.717) is 19.3 Å². The summed E-state index contributed by atoms with van der Waals surface area (Å²) in [7, 11) is 1.39. The predicted molar refractivity (Wildman–Crippen MR) is 73.4 cm³/mol. The second-order valence-electron chi connectivity index (χ2n) is 5.89. The third-order valence-corrected chi connectivity index (χ3v) is 4.45. The first-order valence-corrected chi connectivity index (χ1v) is 7.64. The van der Waals surface area contributed by atoms with E-state index in [1.54, 1.807) is 0 Å². The fourth-order valence-corrected chi connectivity index (χ4v) is 3.38. The number of aliphatic hydroxyl groups is 1. The molecular formula is C15H26O5. The van der Waals surface area contributed by atoms with Crippen molar-refractivity contribution in [1.29, 1.82) is 0 Å². The fraction of sp³-hybridized carbons (Fsp3) is 0.933. The third kappa shape index (κ3) is 3.32. The molecule has 2 aliphatic heterocycles. The van der Waals surface area contributed by atoms with Crippen LogP contribution in [0.2, 0.25) is 0 Å². The minimum Gasteiger partial charge on any atom is -0.469 e. The summed E-state index contributed by atoms with van der Waals surface area (Å²) in [5, 5.41) is 9.78. The lowest BCUT2D eigenvalue weighted by molar-refractivity contribution is -0.183. The minimum absolute atomic E-state index is 0.00734. The number of rotatable bonds is 6. The van der Waals surface area contributed by atoms with Gasteiger partial charge in [-0.25, -0.2) is 0 Å². The highest BCUT2D eigenvalue weighted by molar-refractivity contribution is 5.69. The molecule has 0 aromatic rings. The molecule has 5 nitrogen and oxygen atoms in total. The van der Waals surface area contributed by atoms with E-state index in [1.165, 1.54) is 7.11 Å². The summed E-state index contributed by atoms with van der Waals surface area (Å²) < 4.78 is 16.8. The van der Waals surface area contributed by atoms with Crippen LogP contribution in [0.4, 0.5) is 0 Å². The predicted octanol–water partition coefficient (Wildman–Crippen LogP) is 1.81. The van der Waals surface area contributed by atoms with Crippen LogP contribution in [-0.4, -0.2) is 48.7 Å².